The second-order valence-corrected chi connectivity index (χ2v) is 4.46. The van der Waals surface area contributed by atoms with Gasteiger partial charge in [-0.15, -0.1) is 0 Å². The molecule has 2 rings (SSSR count). The standard InChI is InChI=1S/C12H19N3/c1-9-4-2-7-11(14-9)12(15-13)8-10-5-3-6-10/h2,4,7,10,12,15H,3,5-6,8,13H2,1H3. The molecular weight excluding hydrogens is 186 g/mol. The summed E-state index contributed by atoms with van der Waals surface area (Å²) in [7, 11) is 0. The second-order valence-electron chi connectivity index (χ2n) is 4.46. The predicted octanol–water partition coefficient (Wildman–Crippen LogP) is 2.08. The molecule has 1 aromatic rings. The minimum Gasteiger partial charge on any atom is -0.271 e. The Labute approximate surface area is 91.1 Å². The third kappa shape index (κ3) is 2.55. The van der Waals surface area contributed by atoms with E-state index >= 15 is 0 Å². The van der Waals surface area contributed by atoms with Crippen molar-refractivity contribution in [1.82, 2.24) is 10.4 Å². The van der Waals surface area contributed by atoms with E-state index in [0.717, 1.165) is 23.7 Å². The van der Waals surface area contributed by atoms with Crippen molar-refractivity contribution in [3.8, 4) is 0 Å². The van der Waals surface area contributed by atoms with Crippen LogP contribution in [0, 0.1) is 12.8 Å². The number of nitrogens with one attached hydrogen (secondary N) is 1. The molecule has 1 aliphatic rings. The van der Waals surface area contributed by atoms with Crippen LogP contribution < -0.4 is 11.3 Å². The highest BCUT2D eigenvalue weighted by Crippen LogP contribution is 2.33. The van der Waals surface area contributed by atoms with Crippen LogP contribution in [0.25, 0.3) is 0 Å². The maximum absolute atomic E-state index is 5.59. The lowest BCUT2D eigenvalue weighted by atomic mass is 9.80. The summed E-state index contributed by atoms with van der Waals surface area (Å²) in [4.78, 5) is 4.51. The van der Waals surface area contributed by atoms with Crippen molar-refractivity contribution in [2.45, 2.75) is 38.6 Å². The highest BCUT2D eigenvalue weighted by atomic mass is 15.2. The van der Waals surface area contributed by atoms with Gasteiger partial charge < -0.3 is 0 Å². The fourth-order valence-corrected chi connectivity index (χ4v) is 2.09. The molecule has 0 radical (unpaired) electrons. The van der Waals surface area contributed by atoms with E-state index in [4.69, 9.17) is 5.84 Å². The molecule has 1 heterocycles. The van der Waals surface area contributed by atoms with E-state index in [1.165, 1.54) is 19.3 Å². The Morgan fingerprint density at radius 2 is 2.33 bits per heavy atom. The van der Waals surface area contributed by atoms with E-state index in [9.17, 15) is 0 Å². The van der Waals surface area contributed by atoms with E-state index < -0.39 is 0 Å². The predicted molar refractivity (Wildman–Crippen MR) is 61.0 cm³/mol. The summed E-state index contributed by atoms with van der Waals surface area (Å²) in [5.41, 5.74) is 5.01. The molecule has 3 nitrogen and oxygen atoms in total. The molecule has 0 spiro atoms. The van der Waals surface area contributed by atoms with Gasteiger partial charge in [0.2, 0.25) is 0 Å². The molecule has 3 N–H and O–H groups in total. The topological polar surface area (TPSA) is 50.9 Å². The van der Waals surface area contributed by atoms with Gasteiger partial charge in [-0.25, -0.2) is 0 Å². The Bertz CT molecular complexity index is 320. The number of nitrogens with two attached hydrogens (primary N) is 1. The Morgan fingerprint density at radius 1 is 1.53 bits per heavy atom. The average molecular weight is 205 g/mol. The maximum atomic E-state index is 5.59. The van der Waals surface area contributed by atoms with Crippen LogP contribution in [0.15, 0.2) is 18.2 Å². The minimum absolute atomic E-state index is 0.218. The zero-order chi connectivity index (χ0) is 10.7. The molecule has 0 aliphatic heterocycles. The van der Waals surface area contributed by atoms with Crippen molar-refractivity contribution >= 4 is 0 Å². The lowest BCUT2D eigenvalue weighted by molar-refractivity contribution is 0.260. The summed E-state index contributed by atoms with van der Waals surface area (Å²) in [6, 6.07) is 6.33. The fraction of sp³-hybridized carbons (Fsp3) is 0.583. The Morgan fingerprint density at radius 3 is 2.87 bits per heavy atom. The van der Waals surface area contributed by atoms with Gasteiger partial charge in [-0.05, 0) is 31.4 Å². The molecule has 0 aromatic carbocycles. The molecule has 1 atom stereocenters. The van der Waals surface area contributed by atoms with Crippen molar-refractivity contribution in [3.05, 3.63) is 29.6 Å². The lowest BCUT2D eigenvalue weighted by Crippen LogP contribution is -2.31. The Kier molecular flexibility index (Phi) is 3.34. The van der Waals surface area contributed by atoms with Crippen LogP contribution in [0.5, 0.6) is 0 Å². The van der Waals surface area contributed by atoms with E-state index in [1.807, 2.05) is 19.1 Å². The van der Waals surface area contributed by atoms with Gasteiger partial charge in [-0.1, -0.05) is 25.3 Å². The van der Waals surface area contributed by atoms with Gasteiger partial charge in [-0.2, -0.15) is 0 Å². The number of hydrazine groups is 1. The first-order chi connectivity index (χ1) is 7.29. The van der Waals surface area contributed by atoms with Crippen LogP contribution in [0.3, 0.4) is 0 Å². The van der Waals surface area contributed by atoms with Crippen molar-refractivity contribution in [2.75, 3.05) is 0 Å². The molecule has 1 aliphatic carbocycles. The first-order valence-corrected chi connectivity index (χ1v) is 5.69. The summed E-state index contributed by atoms with van der Waals surface area (Å²) in [6.07, 6.45) is 5.20. The molecule has 1 aromatic heterocycles. The van der Waals surface area contributed by atoms with E-state index in [0.29, 0.717) is 0 Å². The molecule has 82 valence electrons. The molecule has 3 heteroatoms. The van der Waals surface area contributed by atoms with Gasteiger partial charge in [-0.3, -0.25) is 16.3 Å². The monoisotopic (exact) mass is 205 g/mol. The Hall–Kier alpha value is -0.930. The van der Waals surface area contributed by atoms with Crippen molar-refractivity contribution in [1.29, 1.82) is 0 Å². The van der Waals surface area contributed by atoms with Gasteiger partial charge in [0.15, 0.2) is 0 Å². The van der Waals surface area contributed by atoms with E-state index in [-0.39, 0.29) is 6.04 Å². The molecule has 1 unspecified atom stereocenters. The zero-order valence-corrected chi connectivity index (χ0v) is 9.24. The van der Waals surface area contributed by atoms with Crippen LogP contribution in [-0.2, 0) is 0 Å². The smallest absolute Gasteiger partial charge is 0.0634 e. The number of hydrogen-bond donors (Lipinski definition) is 2. The zero-order valence-electron chi connectivity index (χ0n) is 9.24. The summed E-state index contributed by atoms with van der Waals surface area (Å²) in [6.45, 7) is 2.01. The molecule has 1 fully saturated rings. The van der Waals surface area contributed by atoms with Crippen molar-refractivity contribution in [2.24, 2.45) is 11.8 Å². The van der Waals surface area contributed by atoms with Crippen LogP contribution in [-0.4, -0.2) is 4.98 Å². The van der Waals surface area contributed by atoms with Gasteiger partial charge in [0.05, 0.1) is 11.7 Å². The number of aryl methyl sites for hydroxylation is 1. The number of rotatable bonds is 4. The van der Waals surface area contributed by atoms with Crippen molar-refractivity contribution < 1.29 is 0 Å². The number of aromatic nitrogens is 1. The quantitative estimate of drug-likeness (QED) is 0.584. The second kappa shape index (κ2) is 4.73. The first kappa shape index (κ1) is 10.6. The normalized spacial score (nSPS) is 18.5. The molecule has 0 bridgehead atoms. The van der Waals surface area contributed by atoms with Crippen molar-refractivity contribution in [3.63, 3.8) is 0 Å². The summed E-state index contributed by atoms with van der Waals surface area (Å²) >= 11 is 0. The van der Waals surface area contributed by atoms with Gasteiger partial charge in [0.25, 0.3) is 0 Å². The molecule has 0 saturated heterocycles. The van der Waals surface area contributed by atoms with Gasteiger partial charge in [0.1, 0.15) is 0 Å². The summed E-state index contributed by atoms with van der Waals surface area (Å²) < 4.78 is 0. The maximum Gasteiger partial charge on any atom is 0.0634 e. The van der Waals surface area contributed by atoms with E-state index in [2.05, 4.69) is 16.5 Å². The SMILES string of the molecule is Cc1cccc(C(CC2CCC2)NN)n1. The molecule has 0 amide bonds. The highest BCUT2D eigenvalue weighted by Gasteiger charge is 2.22. The largest absolute Gasteiger partial charge is 0.271 e. The molecule has 1 saturated carbocycles. The summed E-state index contributed by atoms with van der Waals surface area (Å²) in [5, 5.41) is 0. The van der Waals surface area contributed by atoms with Crippen LogP contribution in [0.2, 0.25) is 0 Å². The summed E-state index contributed by atoms with van der Waals surface area (Å²) in [5.74, 6) is 6.43. The molecular formula is C12H19N3. The third-order valence-electron chi connectivity index (χ3n) is 3.26. The number of pyridine rings is 1. The number of nitrogens with zero attached hydrogens (tertiary/aromatic N) is 1. The number of hydrogen-bond acceptors (Lipinski definition) is 3. The third-order valence-corrected chi connectivity index (χ3v) is 3.26. The molecule has 15 heavy (non-hydrogen) atoms. The lowest BCUT2D eigenvalue weighted by Gasteiger charge is -2.29. The van der Waals surface area contributed by atoms with Crippen LogP contribution in [0.1, 0.15) is 43.1 Å². The minimum atomic E-state index is 0.218. The van der Waals surface area contributed by atoms with Gasteiger partial charge in [0, 0.05) is 5.69 Å². The van der Waals surface area contributed by atoms with Crippen LogP contribution >= 0.6 is 0 Å². The van der Waals surface area contributed by atoms with Gasteiger partial charge >= 0.3 is 0 Å². The first-order valence-electron chi connectivity index (χ1n) is 5.69. The highest BCUT2D eigenvalue weighted by molar-refractivity contribution is 5.13. The average Bonchev–Trinajstić information content (AvgIpc) is 2.16. The fourth-order valence-electron chi connectivity index (χ4n) is 2.09. The Balaban J connectivity index is 2.04. The van der Waals surface area contributed by atoms with Crippen LogP contribution in [0.4, 0.5) is 0 Å². The van der Waals surface area contributed by atoms with E-state index in [1.54, 1.807) is 0 Å².